The summed E-state index contributed by atoms with van der Waals surface area (Å²) < 4.78 is 5.81. The van der Waals surface area contributed by atoms with Gasteiger partial charge in [0.2, 0.25) is 0 Å². The van der Waals surface area contributed by atoms with Crippen molar-refractivity contribution in [1.82, 2.24) is 10.2 Å². The highest BCUT2D eigenvalue weighted by Gasteiger charge is 2.26. The van der Waals surface area contributed by atoms with Crippen molar-refractivity contribution in [3.05, 3.63) is 59.7 Å². The Morgan fingerprint density at radius 1 is 1.04 bits per heavy atom. The average Bonchev–Trinajstić information content (AvgIpc) is 3.21. The van der Waals surface area contributed by atoms with E-state index >= 15 is 0 Å². The van der Waals surface area contributed by atoms with Gasteiger partial charge in [-0.1, -0.05) is 30.3 Å². The first-order valence-corrected chi connectivity index (χ1v) is 8.88. The first-order chi connectivity index (χ1) is 12.7. The summed E-state index contributed by atoms with van der Waals surface area (Å²) in [5.74, 6) is 0.466. The molecule has 0 spiro atoms. The number of fused-ring (bicyclic) bond motifs is 1. The molecule has 6 nitrogen and oxygen atoms in total. The summed E-state index contributed by atoms with van der Waals surface area (Å²) in [6.45, 7) is 1.62. The minimum Gasteiger partial charge on any atom is -0.483 e. The number of ether oxygens (including phenoxy) is 1. The van der Waals surface area contributed by atoms with Gasteiger partial charge in [0.15, 0.2) is 6.61 Å². The summed E-state index contributed by atoms with van der Waals surface area (Å²) >= 11 is 0. The molecule has 1 fully saturated rings. The average molecular weight is 351 g/mol. The number of rotatable bonds is 4. The van der Waals surface area contributed by atoms with Crippen molar-refractivity contribution in [3.8, 4) is 5.75 Å². The van der Waals surface area contributed by atoms with E-state index < -0.39 is 6.17 Å². The van der Waals surface area contributed by atoms with Crippen molar-refractivity contribution in [1.29, 1.82) is 0 Å². The van der Waals surface area contributed by atoms with E-state index in [2.05, 4.69) is 10.6 Å². The molecule has 2 amide bonds. The third-order valence-corrected chi connectivity index (χ3v) is 4.79. The molecule has 0 bridgehead atoms. The molecule has 134 valence electrons. The number of amides is 2. The lowest BCUT2D eigenvalue weighted by molar-refractivity contribution is -0.132. The van der Waals surface area contributed by atoms with Gasteiger partial charge in [-0.25, -0.2) is 0 Å². The van der Waals surface area contributed by atoms with Crippen molar-refractivity contribution in [2.45, 2.75) is 19.0 Å². The Morgan fingerprint density at radius 3 is 2.62 bits per heavy atom. The van der Waals surface area contributed by atoms with Crippen LogP contribution in [0.25, 0.3) is 0 Å². The zero-order valence-electron chi connectivity index (χ0n) is 14.4. The van der Waals surface area contributed by atoms with Crippen LogP contribution >= 0.6 is 0 Å². The molecule has 6 heteroatoms. The lowest BCUT2D eigenvalue weighted by atomic mass is 10.1. The normalized spacial score (nSPS) is 18.7. The summed E-state index contributed by atoms with van der Waals surface area (Å²) in [7, 11) is 0. The number of nitrogens with zero attached hydrogens (tertiary/aromatic N) is 1. The Kier molecular flexibility index (Phi) is 4.48. The number of carbonyl (C=O) groups excluding carboxylic acids is 2. The smallest absolute Gasteiger partial charge is 0.260 e. The number of benzene rings is 2. The number of para-hydroxylation sites is 2. The van der Waals surface area contributed by atoms with Crippen LogP contribution in [0.3, 0.4) is 0 Å². The highest BCUT2D eigenvalue weighted by Crippen LogP contribution is 2.31. The molecule has 0 aromatic heterocycles. The van der Waals surface area contributed by atoms with Crippen molar-refractivity contribution in [2.75, 3.05) is 25.0 Å². The van der Waals surface area contributed by atoms with E-state index in [1.165, 1.54) is 0 Å². The van der Waals surface area contributed by atoms with E-state index in [-0.39, 0.29) is 18.4 Å². The molecule has 26 heavy (non-hydrogen) atoms. The molecule has 2 aromatic carbocycles. The van der Waals surface area contributed by atoms with Crippen LogP contribution in [0.2, 0.25) is 0 Å². The van der Waals surface area contributed by atoms with Crippen LogP contribution in [0.5, 0.6) is 5.75 Å². The number of likely N-dealkylation sites (tertiary alicyclic amines) is 1. The molecule has 1 atom stereocenters. The molecular weight excluding hydrogens is 330 g/mol. The maximum atomic E-state index is 12.4. The maximum Gasteiger partial charge on any atom is 0.260 e. The van der Waals surface area contributed by atoms with E-state index in [0.29, 0.717) is 11.3 Å². The molecule has 2 aliphatic heterocycles. The first-order valence-electron chi connectivity index (χ1n) is 8.88. The van der Waals surface area contributed by atoms with Crippen molar-refractivity contribution < 1.29 is 14.3 Å². The molecule has 0 aliphatic carbocycles. The molecule has 1 saturated heterocycles. The SMILES string of the molecule is O=C1N[C@@H](c2ccccc2OCC(=O)N2CCCC2)Nc2ccccc21. The fourth-order valence-electron chi connectivity index (χ4n) is 3.41. The lowest BCUT2D eigenvalue weighted by Crippen LogP contribution is -2.38. The zero-order valence-corrected chi connectivity index (χ0v) is 14.4. The van der Waals surface area contributed by atoms with Crippen LogP contribution in [0.4, 0.5) is 5.69 Å². The van der Waals surface area contributed by atoms with Crippen LogP contribution in [-0.4, -0.2) is 36.4 Å². The maximum absolute atomic E-state index is 12.4. The predicted molar refractivity (Wildman–Crippen MR) is 98.0 cm³/mol. The van der Waals surface area contributed by atoms with Gasteiger partial charge in [-0.3, -0.25) is 9.59 Å². The summed E-state index contributed by atoms with van der Waals surface area (Å²) in [5, 5.41) is 6.27. The fourth-order valence-corrected chi connectivity index (χ4v) is 3.41. The van der Waals surface area contributed by atoms with E-state index in [1.54, 1.807) is 6.07 Å². The molecule has 0 unspecified atom stereocenters. The van der Waals surface area contributed by atoms with Gasteiger partial charge >= 0.3 is 0 Å². The van der Waals surface area contributed by atoms with Crippen molar-refractivity contribution >= 4 is 17.5 Å². The van der Waals surface area contributed by atoms with E-state index in [1.807, 2.05) is 47.4 Å². The van der Waals surface area contributed by atoms with E-state index in [4.69, 9.17) is 4.74 Å². The number of nitrogens with one attached hydrogen (secondary N) is 2. The second kappa shape index (κ2) is 7.07. The highest BCUT2D eigenvalue weighted by molar-refractivity contribution is 6.01. The minimum absolute atomic E-state index is 0.00304. The highest BCUT2D eigenvalue weighted by atomic mass is 16.5. The van der Waals surface area contributed by atoms with Gasteiger partial charge in [0.05, 0.1) is 5.56 Å². The Morgan fingerprint density at radius 2 is 1.77 bits per heavy atom. The van der Waals surface area contributed by atoms with Gasteiger partial charge in [0.25, 0.3) is 11.8 Å². The van der Waals surface area contributed by atoms with Gasteiger partial charge < -0.3 is 20.3 Å². The molecular formula is C20H21N3O3. The third-order valence-electron chi connectivity index (χ3n) is 4.79. The van der Waals surface area contributed by atoms with Gasteiger partial charge in [-0.05, 0) is 31.0 Å². The van der Waals surface area contributed by atoms with E-state index in [0.717, 1.165) is 37.2 Å². The van der Waals surface area contributed by atoms with Gasteiger partial charge in [0, 0.05) is 24.3 Å². The molecule has 0 radical (unpaired) electrons. The molecule has 2 aromatic rings. The summed E-state index contributed by atoms with van der Waals surface area (Å²) in [6, 6.07) is 14.8. The van der Waals surface area contributed by atoms with Gasteiger partial charge in [-0.15, -0.1) is 0 Å². The van der Waals surface area contributed by atoms with Crippen LogP contribution in [0.15, 0.2) is 48.5 Å². The molecule has 2 aliphatic rings. The monoisotopic (exact) mass is 351 g/mol. The Bertz CT molecular complexity index is 831. The van der Waals surface area contributed by atoms with Crippen LogP contribution in [0.1, 0.15) is 34.9 Å². The number of hydrogen-bond acceptors (Lipinski definition) is 4. The summed E-state index contributed by atoms with van der Waals surface area (Å²) in [4.78, 5) is 26.4. The summed E-state index contributed by atoms with van der Waals surface area (Å²) in [5.41, 5.74) is 2.19. The molecule has 2 heterocycles. The van der Waals surface area contributed by atoms with Gasteiger partial charge in [0.1, 0.15) is 11.9 Å². The summed E-state index contributed by atoms with van der Waals surface area (Å²) in [6.07, 6.45) is 1.70. The van der Waals surface area contributed by atoms with Gasteiger partial charge in [-0.2, -0.15) is 0 Å². The zero-order chi connectivity index (χ0) is 17.9. The number of hydrogen-bond donors (Lipinski definition) is 2. The number of carbonyl (C=O) groups is 2. The lowest BCUT2D eigenvalue weighted by Gasteiger charge is -2.29. The molecule has 2 N–H and O–H groups in total. The second-order valence-electron chi connectivity index (χ2n) is 6.51. The Balaban J connectivity index is 1.51. The standard InChI is InChI=1S/C20H21N3O3/c24-18(23-11-5-6-12-23)13-26-17-10-4-2-8-15(17)19-21-16-9-3-1-7-14(16)20(25)22-19/h1-4,7-10,19,21H,5-6,11-13H2,(H,22,25)/t19-/m0/s1. The minimum atomic E-state index is -0.407. The largest absolute Gasteiger partial charge is 0.483 e. The topological polar surface area (TPSA) is 70.7 Å². The Hall–Kier alpha value is -3.02. The van der Waals surface area contributed by atoms with Crippen molar-refractivity contribution in [2.24, 2.45) is 0 Å². The van der Waals surface area contributed by atoms with E-state index in [9.17, 15) is 9.59 Å². The van der Waals surface area contributed by atoms with Crippen LogP contribution in [0, 0.1) is 0 Å². The first kappa shape index (κ1) is 16.4. The van der Waals surface area contributed by atoms with Crippen LogP contribution in [-0.2, 0) is 4.79 Å². The van der Waals surface area contributed by atoms with Crippen molar-refractivity contribution in [3.63, 3.8) is 0 Å². The third kappa shape index (κ3) is 3.22. The second-order valence-corrected chi connectivity index (χ2v) is 6.51. The van der Waals surface area contributed by atoms with Crippen LogP contribution < -0.4 is 15.4 Å². The fraction of sp³-hybridized carbons (Fsp3) is 0.300. The quantitative estimate of drug-likeness (QED) is 0.888. The predicted octanol–water partition coefficient (Wildman–Crippen LogP) is 2.54. The number of anilines is 1. The molecule has 0 saturated carbocycles. The molecule has 4 rings (SSSR count). The Labute approximate surface area is 152 Å².